The quantitative estimate of drug-likeness (QED) is 0.779. The molecular formula is C18H27ClN2O3S. The van der Waals surface area contributed by atoms with E-state index in [4.69, 9.17) is 11.6 Å². The van der Waals surface area contributed by atoms with Crippen molar-refractivity contribution in [3.8, 4) is 0 Å². The van der Waals surface area contributed by atoms with Crippen molar-refractivity contribution in [1.29, 1.82) is 0 Å². The van der Waals surface area contributed by atoms with Gasteiger partial charge in [-0.25, -0.2) is 8.42 Å². The summed E-state index contributed by atoms with van der Waals surface area (Å²) in [5.74, 6) is -0.248. The number of amides is 1. The SMILES string of the molecule is CC(C)N(C(=O)C1CCCN(S(=O)(=O)c2ccc(Cl)cc2)C1)C(C)C. The van der Waals surface area contributed by atoms with Gasteiger partial charge in [0.1, 0.15) is 0 Å². The van der Waals surface area contributed by atoms with Gasteiger partial charge in [-0.1, -0.05) is 11.6 Å². The molecule has 0 spiro atoms. The number of carbonyl (C=O) groups is 1. The van der Waals surface area contributed by atoms with Crippen LogP contribution in [0.25, 0.3) is 0 Å². The minimum Gasteiger partial charge on any atom is -0.338 e. The molecule has 1 heterocycles. The van der Waals surface area contributed by atoms with Crippen molar-refractivity contribution in [2.24, 2.45) is 5.92 Å². The van der Waals surface area contributed by atoms with Gasteiger partial charge in [-0.3, -0.25) is 4.79 Å². The highest BCUT2D eigenvalue weighted by molar-refractivity contribution is 7.89. The van der Waals surface area contributed by atoms with Crippen LogP contribution < -0.4 is 0 Å². The molecule has 1 aromatic carbocycles. The molecule has 1 unspecified atom stereocenters. The predicted molar refractivity (Wildman–Crippen MR) is 100 cm³/mol. The Bertz CT molecular complexity index is 694. The van der Waals surface area contributed by atoms with E-state index in [1.807, 2.05) is 32.6 Å². The van der Waals surface area contributed by atoms with Gasteiger partial charge in [-0.2, -0.15) is 4.31 Å². The highest BCUT2D eigenvalue weighted by Crippen LogP contribution is 2.26. The Kier molecular flexibility index (Phi) is 6.51. The topological polar surface area (TPSA) is 57.7 Å². The Morgan fingerprint density at radius 3 is 2.24 bits per heavy atom. The summed E-state index contributed by atoms with van der Waals surface area (Å²) in [5.41, 5.74) is 0. The summed E-state index contributed by atoms with van der Waals surface area (Å²) in [5, 5.41) is 0.496. The van der Waals surface area contributed by atoms with E-state index in [1.165, 1.54) is 16.4 Å². The van der Waals surface area contributed by atoms with E-state index in [2.05, 4.69) is 0 Å². The van der Waals surface area contributed by atoms with Crippen LogP contribution in [0, 0.1) is 5.92 Å². The van der Waals surface area contributed by atoms with Crippen molar-refractivity contribution in [3.05, 3.63) is 29.3 Å². The Labute approximate surface area is 156 Å². The summed E-state index contributed by atoms with van der Waals surface area (Å²) in [6.45, 7) is 8.63. The number of piperidine rings is 1. The molecule has 0 N–H and O–H groups in total. The van der Waals surface area contributed by atoms with Crippen LogP contribution in [0.4, 0.5) is 0 Å². The van der Waals surface area contributed by atoms with Gasteiger partial charge in [0.25, 0.3) is 0 Å². The molecule has 0 radical (unpaired) electrons. The molecule has 5 nitrogen and oxygen atoms in total. The third-order valence-electron chi connectivity index (χ3n) is 4.55. The molecule has 1 fully saturated rings. The molecule has 0 aliphatic carbocycles. The summed E-state index contributed by atoms with van der Waals surface area (Å²) >= 11 is 5.85. The van der Waals surface area contributed by atoms with Crippen LogP contribution in [0.5, 0.6) is 0 Å². The van der Waals surface area contributed by atoms with E-state index in [-0.39, 0.29) is 35.3 Å². The molecule has 1 amide bonds. The average molecular weight is 387 g/mol. The highest BCUT2D eigenvalue weighted by Gasteiger charge is 2.36. The average Bonchev–Trinajstić information content (AvgIpc) is 2.54. The van der Waals surface area contributed by atoms with Gasteiger partial charge in [0, 0.05) is 30.2 Å². The maximum atomic E-state index is 12.9. The van der Waals surface area contributed by atoms with Crippen molar-refractivity contribution in [2.45, 2.75) is 57.5 Å². The van der Waals surface area contributed by atoms with E-state index < -0.39 is 10.0 Å². The molecule has 7 heteroatoms. The molecule has 0 aromatic heterocycles. The normalized spacial score (nSPS) is 19.4. The molecule has 1 atom stereocenters. The second-order valence-corrected chi connectivity index (χ2v) is 9.46. The zero-order valence-corrected chi connectivity index (χ0v) is 16.8. The zero-order valence-electron chi connectivity index (χ0n) is 15.3. The highest BCUT2D eigenvalue weighted by atomic mass is 35.5. The summed E-state index contributed by atoms with van der Waals surface area (Å²) in [6, 6.07) is 6.35. The Hall–Kier alpha value is -1.11. The minimum absolute atomic E-state index is 0.0426. The maximum absolute atomic E-state index is 12.9. The van der Waals surface area contributed by atoms with Crippen molar-refractivity contribution >= 4 is 27.5 Å². The van der Waals surface area contributed by atoms with Gasteiger partial charge in [-0.05, 0) is 64.8 Å². The molecule has 140 valence electrons. The first-order chi connectivity index (χ1) is 11.6. The van der Waals surface area contributed by atoms with E-state index in [1.54, 1.807) is 12.1 Å². The molecule has 0 bridgehead atoms. The largest absolute Gasteiger partial charge is 0.338 e. The predicted octanol–water partition coefficient (Wildman–Crippen LogP) is 3.39. The first-order valence-electron chi connectivity index (χ1n) is 8.72. The van der Waals surface area contributed by atoms with Gasteiger partial charge in [0.2, 0.25) is 15.9 Å². The second kappa shape index (κ2) is 8.06. The Balaban J connectivity index is 2.20. The number of rotatable bonds is 5. The van der Waals surface area contributed by atoms with Crippen LogP contribution in [0.3, 0.4) is 0 Å². The lowest BCUT2D eigenvalue weighted by Gasteiger charge is -2.37. The molecule has 1 aromatic rings. The monoisotopic (exact) mass is 386 g/mol. The maximum Gasteiger partial charge on any atom is 0.243 e. The van der Waals surface area contributed by atoms with Gasteiger partial charge in [0.05, 0.1) is 10.8 Å². The first kappa shape index (κ1) is 20.2. The van der Waals surface area contributed by atoms with Gasteiger partial charge < -0.3 is 4.90 Å². The minimum atomic E-state index is -3.61. The number of hydrogen-bond donors (Lipinski definition) is 0. The standard InChI is InChI=1S/C18H27ClN2O3S/c1-13(2)21(14(3)4)18(22)15-6-5-11-20(12-15)25(23,24)17-9-7-16(19)8-10-17/h7-10,13-15H,5-6,11-12H2,1-4H3. The fourth-order valence-electron chi connectivity index (χ4n) is 3.43. The van der Waals surface area contributed by atoms with Crippen molar-refractivity contribution in [3.63, 3.8) is 0 Å². The van der Waals surface area contributed by atoms with Gasteiger partial charge in [0.15, 0.2) is 0 Å². The summed E-state index contributed by atoms with van der Waals surface area (Å²) in [6.07, 6.45) is 1.41. The molecule has 2 rings (SSSR count). The lowest BCUT2D eigenvalue weighted by atomic mass is 9.97. The number of halogens is 1. The van der Waals surface area contributed by atoms with Crippen molar-refractivity contribution in [1.82, 2.24) is 9.21 Å². The lowest BCUT2D eigenvalue weighted by molar-refractivity contribution is -0.140. The number of sulfonamides is 1. The molecule has 1 aliphatic rings. The fraction of sp³-hybridized carbons (Fsp3) is 0.611. The van der Waals surface area contributed by atoms with Gasteiger partial charge >= 0.3 is 0 Å². The smallest absolute Gasteiger partial charge is 0.243 e. The number of carbonyl (C=O) groups excluding carboxylic acids is 1. The van der Waals surface area contributed by atoms with Crippen LogP contribution in [0.2, 0.25) is 5.02 Å². The molecule has 1 aliphatic heterocycles. The van der Waals surface area contributed by atoms with Crippen LogP contribution in [-0.4, -0.2) is 48.7 Å². The fourth-order valence-corrected chi connectivity index (χ4v) is 5.08. The summed E-state index contributed by atoms with van der Waals surface area (Å²) in [4.78, 5) is 15.0. The molecule has 1 saturated heterocycles. The van der Waals surface area contributed by atoms with Crippen LogP contribution in [0.1, 0.15) is 40.5 Å². The number of hydrogen-bond acceptors (Lipinski definition) is 3. The summed E-state index contributed by atoms with van der Waals surface area (Å²) < 4.78 is 27.2. The first-order valence-corrected chi connectivity index (χ1v) is 10.5. The van der Waals surface area contributed by atoms with Crippen molar-refractivity contribution < 1.29 is 13.2 Å². The molecule has 0 saturated carbocycles. The van der Waals surface area contributed by atoms with E-state index in [0.717, 1.165) is 6.42 Å². The van der Waals surface area contributed by atoms with Gasteiger partial charge in [-0.15, -0.1) is 0 Å². The third-order valence-corrected chi connectivity index (χ3v) is 6.68. The van der Waals surface area contributed by atoms with Crippen LogP contribution in [-0.2, 0) is 14.8 Å². The second-order valence-electron chi connectivity index (χ2n) is 7.09. The zero-order chi connectivity index (χ0) is 18.8. The van der Waals surface area contributed by atoms with E-state index >= 15 is 0 Å². The van der Waals surface area contributed by atoms with E-state index in [0.29, 0.717) is 18.0 Å². The molecular weight excluding hydrogens is 360 g/mol. The number of nitrogens with zero attached hydrogens (tertiary/aromatic N) is 2. The van der Waals surface area contributed by atoms with E-state index in [9.17, 15) is 13.2 Å². The van der Waals surface area contributed by atoms with Crippen LogP contribution in [0.15, 0.2) is 29.2 Å². The Morgan fingerprint density at radius 1 is 1.16 bits per heavy atom. The van der Waals surface area contributed by atoms with Crippen molar-refractivity contribution in [2.75, 3.05) is 13.1 Å². The number of benzene rings is 1. The lowest BCUT2D eigenvalue weighted by Crippen LogP contribution is -2.50. The molecule has 25 heavy (non-hydrogen) atoms. The summed E-state index contributed by atoms with van der Waals surface area (Å²) in [7, 11) is -3.61. The Morgan fingerprint density at radius 2 is 1.72 bits per heavy atom. The van der Waals surface area contributed by atoms with Crippen LogP contribution >= 0.6 is 11.6 Å². The third kappa shape index (κ3) is 4.54.